The van der Waals surface area contributed by atoms with Gasteiger partial charge < -0.3 is 10.1 Å². The Bertz CT molecular complexity index is 341. The highest BCUT2D eigenvalue weighted by atomic mass is 32.2. The van der Waals surface area contributed by atoms with Gasteiger partial charge >= 0.3 is 0 Å². The van der Waals surface area contributed by atoms with Gasteiger partial charge in [-0.25, -0.2) is 4.39 Å². The van der Waals surface area contributed by atoms with Crippen LogP contribution in [0.2, 0.25) is 0 Å². The summed E-state index contributed by atoms with van der Waals surface area (Å²) in [5, 5.41) is 3.51. The zero-order valence-electron chi connectivity index (χ0n) is 8.63. The molecule has 15 heavy (non-hydrogen) atoms. The van der Waals surface area contributed by atoms with Crippen molar-refractivity contribution in [2.24, 2.45) is 0 Å². The molecule has 1 N–H and O–H groups in total. The number of nitrogens with one attached hydrogen (secondary N) is 1. The molecule has 1 aromatic rings. The molecule has 1 aliphatic heterocycles. The molecule has 1 aromatic carbocycles. The minimum Gasteiger partial charge on any atom is -0.379 e. The molecule has 82 valence electrons. The van der Waals surface area contributed by atoms with Gasteiger partial charge in [-0.1, -0.05) is 0 Å². The summed E-state index contributed by atoms with van der Waals surface area (Å²) in [6, 6.07) is 5.18. The normalized spacial score (nSPS) is 16.4. The zero-order valence-corrected chi connectivity index (χ0v) is 9.44. The Hall–Kier alpha value is -0.580. The molecule has 1 saturated heterocycles. The van der Waals surface area contributed by atoms with E-state index in [0.717, 1.165) is 23.7 Å². The van der Waals surface area contributed by atoms with Crippen molar-refractivity contribution in [3.8, 4) is 0 Å². The summed E-state index contributed by atoms with van der Waals surface area (Å²) in [7, 11) is 1.86. The van der Waals surface area contributed by atoms with Gasteiger partial charge in [0.1, 0.15) is 5.82 Å². The fourth-order valence-corrected chi connectivity index (χ4v) is 2.58. The molecule has 2 nitrogen and oxygen atoms in total. The Balaban J connectivity index is 2.07. The highest BCUT2D eigenvalue weighted by Gasteiger charge is 2.19. The zero-order chi connectivity index (χ0) is 10.7. The summed E-state index contributed by atoms with van der Waals surface area (Å²) in [5.74, 6) is -0.162. The van der Waals surface area contributed by atoms with Crippen molar-refractivity contribution in [2.45, 2.75) is 16.7 Å². The van der Waals surface area contributed by atoms with E-state index in [-0.39, 0.29) is 5.82 Å². The molecule has 0 atom stereocenters. The Morgan fingerprint density at radius 3 is 2.87 bits per heavy atom. The van der Waals surface area contributed by atoms with Crippen LogP contribution in [0.15, 0.2) is 23.1 Å². The minimum atomic E-state index is -0.162. The predicted molar refractivity (Wildman–Crippen MR) is 59.6 cm³/mol. The van der Waals surface area contributed by atoms with Crippen molar-refractivity contribution in [3.63, 3.8) is 0 Å². The van der Waals surface area contributed by atoms with Crippen molar-refractivity contribution in [3.05, 3.63) is 29.6 Å². The van der Waals surface area contributed by atoms with Gasteiger partial charge in [-0.15, -0.1) is 11.8 Å². The van der Waals surface area contributed by atoms with Crippen LogP contribution in [0.1, 0.15) is 5.56 Å². The molecule has 1 fully saturated rings. The maximum Gasteiger partial charge on any atom is 0.124 e. The van der Waals surface area contributed by atoms with Crippen molar-refractivity contribution in [1.29, 1.82) is 0 Å². The van der Waals surface area contributed by atoms with Gasteiger partial charge in [0.2, 0.25) is 0 Å². The molecule has 0 bridgehead atoms. The van der Waals surface area contributed by atoms with Gasteiger partial charge in [-0.05, 0) is 30.8 Å². The Kier molecular flexibility index (Phi) is 3.61. The molecule has 1 aliphatic rings. The van der Waals surface area contributed by atoms with E-state index in [2.05, 4.69) is 5.32 Å². The molecule has 2 rings (SSSR count). The molecule has 0 aliphatic carbocycles. The summed E-state index contributed by atoms with van der Waals surface area (Å²) >= 11 is 1.69. The number of hydrogen-bond donors (Lipinski definition) is 1. The van der Waals surface area contributed by atoms with Crippen LogP contribution in [0.4, 0.5) is 4.39 Å². The smallest absolute Gasteiger partial charge is 0.124 e. The Morgan fingerprint density at radius 2 is 2.27 bits per heavy atom. The molecule has 4 heteroatoms. The SMILES string of the molecule is CNCc1cc(F)cc(SC2COC2)c1. The van der Waals surface area contributed by atoms with Gasteiger partial charge in [0, 0.05) is 11.4 Å². The van der Waals surface area contributed by atoms with Crippen molar-refractivity contribution in [1.82, 2.24) is 5.32 Å². The fraction of sp³-hybridized carbons (Fsp3) is 0.455. The number of thioether (sulfide) groups is 1. The second-order valence-electron chi connectivity index (χ2n) is 3.60. The molecular weight excluding hydrogens is 213 g/mol. The van der Waals surface area contributed by atoms with Gasteiger partial charge in [0.25, 0.3) is 0 Å². The summed E-state index contributed by atoms with van der Waals surface area (Å²) in [6.45, 7) is 2.26. The van der Waals surface area contributed by atoms with E-state index in [0.29, 0.717) is 11.8 Å². The van der Waals surface area contributed by atoms with E-state index in [1.165, 1.54) is 0 Å². The van der Waals surface area contributed by atoms with Crippen LogP contribution < -0.4 is 5.32 Å². The topological polar surface area (TPSA) is 21.3 Å². The van der Waals surface area contributed by atoms with Crippen LogP contribution in [0.5, 0.6) is 0 Å². The first-order valence-electron chi connectivity index (χ1n) is 4.96. The number of rotatable bonds is 4. The highest BCUT2D eigenvalue weighted by Crippen LogP contribution is 2.29. The van der Waals surface area contributed by atoms with Gasteiger partial charge in [0.05, 0.1) is 18.5 Å². The first-order valence-corrected chi connectivity index (χ1v) is 5.84. The minimum absolute atomic E-state index is 0.162. The van der Waals surface area contributed by atoms with Crippen LogP contribution in [0.25, 0.3) is 0 Å². The second kappa shape index (κ2) is 4.96. The van der Waals surface area contributed by atoms with E-state index in [4.69, 9.17) is 4.74 Å². The van der Waals surface area contributed by atoms with Gasteiger partial charge in [-0.3, -0.25) is 0 Å². The molecule has 0 saturated carbocycles. The maximum absolute atomic E-state index is 13.3. The number of halogens is 1. The molecule has 1 heterocycles. The van der Waals surface area contributed by atoms with E-state index < -0.39 is 0 Å². The summed E-state index contributed by atoms with van der Waals surface area (Å²) in [4.78, 5) is 0.994. The van der Waals surface area contributed by atoms with Crippen LogP contribution >= 0.6 is 11.8 Å². The van der Waals surface area contributed by atoms with Gasteiger partial charge in [0.15, 0.2) is 0 Å². The average Bonchev–Trinajstić information content (AvgIpc) is 2.11. The monoisotopic (exact) mass is 227 g/mol. The Morgan fingerprint density at radius 1 is 1.47 bits per heavy atom. The van der Waals surface area contributed by atoms with Crippen molar-refractivity contribution in [2.75, 3.05) is 20.3 Å². The van der Waals surface area contributed by atoms with E-state index in [1.807, 2.05) is 13.1 Å². The lowest BCUT2D eigenvalue weighted by atomic mass is 10.2. The van der Waals surface area contributed by atoms with E-state index in [1.54, 1.807) is 23.9 Å². The van der Waals surface area contributed by atoms with Crippen LogP contribution in [0.3, 0.4) is 0 Å². The van der Waals surface area contributed by atoms with Crippen molar-refractivity contribution >= 4 is 11.8 Å². The van der Waals surface area contributed by atoms with Crippen molar-refractivity contribution < 1.29 is 9.13 Å². The third-order valence-corrected chi connectivity index (χ3v) is 3.34. The first kappa shape index (κ1) is 10.9. The first-order chi connectivity index (χ1) is 7.28. The third-order valence-electron chi connectivity index (χ3n) is 2.22. The molecule has 0 spiro atoms. The van der Waals surface area contributed by atoms with Crippen LogP contribution in [-0.2, 0) is 11.3 Å². The molecule has 0 radical (unpaired) electrons. The average molecular weight is 227 g/mol. The molecule has 0 amide bonds. The van der Waals surface area contributed by atoms with Crippen LogP contribution in [0, 0.1) is 5.82 Å². The molecular formula is C11H14FNOS. The number of benzene rings is 1. The third kappa shape index (κ3) is 2.93. The van der Waals surface area contributed by atoms with Gasteiger partial charge in [-0.2, -0.15) is 0 Å². The lowest BCUT2D eigenvalue weighted by Gasteiger charge is -2.25. The van der Waals surface area contributed by atoms with Crippen LogP contribution in [-0.4, -0.2) is 25.5 Å². The standard InChI is InChI=1S/C11H14FNOS/c1-13-5-8-2-9(12)4-10(3-8)15-11-6-14-7-11/h2-4,11,13H,5-7H2,1H3. The lowest BCUT2D eigenvalue weighted by molar-refractivity contribution is 0.0455. The molecule has 0 aromatic heterocycles. The Labute approximate surface area is 93.2 Å². The van der Waals surface area contributed by atoms with E-state index >= 15 is 0 Å². The maximum atomic E-state index is 13.3. The quantitative estimate of drug-likeness (QED) is 0.850. The number of hydrogen-bond acceptors (Lipinski definition) is 3. The lowest BCUT2D eigenvalue weighted by Crippen LogP contribution is -2.30. The summed E-state index contributed by atoms with van der Waals surface area (Å²) in [6.07, 6.45) is 0. The second-order valence-corrected chi connectivity index (χ2v) is 4.98. The fourth-order valence-electron chi connectivity index (χ4n) is 1.47. The van der Waals surface area contributed by atoms with E-state index in [9.17, 15) is 4.39 Å². The highest BCUT2D eigenvalue weighted by molar-refractivity contribution is 8.00. The number of ether oxygens (including phenoxy) is 1. The summed E-state index contributed by atoms with van der Waals surface area (Å²) < 4.78 is 18.3. The summed E-state index contributed by atoms with van der Waals surface area (Å²) in [5.41, 5.74) is 0.986. The largest absolute Gasteiger partial charge is 0.379 e. The predicted octanol–water partition coefficient (Wildman–Crippen LogP) is 2.04. The molecule has 0 unspecified atom stereocenters.